The van der Waals surface area contributed by atoms with Gasteiger partial charge in [-0.3, -0.25) is 0 Å². The van der Waals surface area contributed by atoms with Gasteiger partial charge in [-0.2, -0.15) is 5.26 Å². The largest absolute Gasteiger partial charge is 0.347 e. The van der Waals surface area contributed by atoms with Gasteiger partial charge in [0.15, 0.2) is 0 Å². The van der Waals surface area contributed by atoms with Crippen LogP contribution >= 0.6 is 0 Å². The van der Waals surface area contributed by atoms with Crippen LogP contribution in [0.15, 0.2) is 30.5 Å². The fourth-order valence-corrected chi connectivity index (χ4v) is 2.97. The van der Waals surface area contributed by atoms with Gasteiger partial charge in [0.1, 0.15) is 0 Å². The summed E-state index contributed by atoms with van der Waals surface area (Å²) in [5.74, 6) is 0. The maximum atomic E-state index is 8.99. The second kappa shape index (κ2) is 5.30. The molecular weight excluding hydrogens is 246 g/mol. The molecule has 0 atom stereocenters. The van der Waals surface area contributed by atoms with E-state index in [2.05, 4.69) is 53.3 Å². The highest BCUT2D eigenvalue weighted by atomic mass is 15.0. The first kappa shape index (κ1) is 13.2. The molecule has 1 aliphatic rings. The van der Waals surface area contributed by atoms with Crippen LogP contribution in [0.2, 0.25) is 0 Å². The molecule has 1 saturated carbocycles. The molecule has 104 valence electrons. The Kier molecular flexibility index (Phi) is 3.50. The number of benzene rings is 1. The number of hydrogen-bond donors (Lipinski definition) is 1. The Balaban J connectivity index is 1.93. The molecule has 0 bridgehead atoms. The van der Waals surface area contributed by atoms with Crippen LogP contribution in [0.5, 0.6) is 0 Å². The van der Waals surface area contributed by atoms with Gasteiger partial charge in [0.25, 0.3) is 0 Å². The maximum absolute atomic E-state index is 8.99. The Morgan fingerprint density at radius 1 is 1.35 bits per heavy atom. The second-order valence-electron chi connectivity index (χ2n) is 5.91. The molecule has 0 unspecified atom stereocenters. The van der Waals surface area contributed by atoms with E-state index >= 15 is 0 Å². The van der Waals surface area contributed by atoms with Crippen molar-refractivity contribution in [2.75, 3.05) is 6.54 Å². The summed E-state index contributed by atoms with van der Waals surface area (Å²) in [4.78, 5) is 0. The summed E-state index contributed by atoms with van der Waals surface area (Å²) >= 11 is 0. The summed E-state index contributed by atoms with van der Waals surface area (Å²) in [6, 6.07) is 11.0. The van der Waals surface area contributed by atoms with E-state index in [1.165, 1.54) is 29.3 Å². The van der Waals surface area contributed by atoms with Crippen molar-refractivity contribution in [2.24, 2.45) is 5.41 Å². The van der Waals surface area contributed by atoms with Crippen LogP contribution in [0.1, 0.15) is 31.7 Å². The molecule has 0 spiro atoms. The predicted octanol–water partition coefficient (Wildman–Crippen LogP) is 3.44. The average Bonchev–Trinajstić information content (AvgIpc) is 3.09. The number of rotatable bonds is 6. The van der Waals surface area contributed by atoms with E-state index in [0.717, 1.165) is 19.6 Å². The van der Waals surface area contributed by atoms with Gasteiger partial charge in [-0.05, 0) is 36.4 Å². The number of nitriles is 1. The molecule has 0 amide bonds. The van der Waals surface area contributed by atoms with Crippen molar-refractivity contribution in [1.82, 2.24) is 9.88 Å². The third-order valence-corrected chi connectivity index (χ3v) is 4.35. The zero-order valence-electron chi connectivity index (χ0n) is 12.0. The van der Waals surface area contributed by atoms with Crippen molar-refractivity contribution >= 4 is 10.9 Å². The standard InChI is InChI=1S/C17H21N3/c1-2-19-12-15-5-3-4-14-6-11-20(16(14)15)13-17(7-8-17)9-10-18/h3-6,11,19H,2,7-9,12-13H2,1H3. The lowest BCUT2D eigenvalue weighted by molar-refractivity contribution is 0.439. The van der Waals surface area contributed by atoms with Crippen LogP contribution in [-0.2, 0) is 13.1 Å². The van der Waals surface area contributed by atoms with E-state index in [9.17, 15) is 0 Å². The van der Waals surface area contributed by atoms with Gasteiger partial charge in [-0.1, -0.05) is 25.1 Å². The molecule has 3 heteroatoms. The molecule has 20 heavy (non-hydrogen) atoms. The highest BCUT2D eigenvalue weighted by molar-refractivity contribution is 5.83. The van der Waals surface area contributed by atoms with Gasteiger partial charge in [0, 0.05) is 31.1 Å². The van der Waals surface area contributed by atoms with Crippen molar-refractivity contribution in [3.63, 3.8) is 0 Å². The first-order valence-corrected chi connectivity index (χ1v) is 7.42. The van der Waals surface area contributed by atoms with E-state index in [-0.39, 0.29) is 5.41 Å². The molecule has 0 saturated heterocycles. The third-order valence-electron chi connectivity index (χ3n) is 4.35. The van der Waals surface area contributed by atoms with Gasteiger partial charge in [-0.15, -0.1) is 0 Å². The van der Waals surface area contributed by atoms with Gasteiger partial charge >= 0.3 is 0 Å². The summed E-state index contributed by atoms with van der Waals surface area (Å²) in [5.41, 5.74) is 2.92. The molecule has 2 aromatic rings. The Labute approximate surface area is 120 Å². The highest BCUT2D eigenvalue weighted by Crippen LogP contribution is 2.50. The van der Waals surface area contributed by atoms with E-state index in [1.54, 1.807) is 0 Å². The first-order chi connectivity index (χ1) is 9.78. The van der Waals surface area contributed by atoms with E-state index < -0.39 is 0 Å². The quantitative estimate of drug-likeness (QED) is 0.871. The minimum Gasteiger partial charge on any atom is -0.347 e. The van der Waals surface area contributed by atoms with Crippen molar-refractivity contribution in [3.05, 3.63) is 36.0 Å². The Bertz CT molecular complexity index is 644. The predicted molar refractivity (Wildman–Crippen MR) is 81.2 cm³/mol. The second-order valence-corrected chi connectivity index (χ2v) is 5.91. The average molecular weight is 267 g/mol. The Morgan fingerprint density at radius 2 is 2.20 bits per heavy atom. The molecule has 1 heterocycles. The van der Waals surface area contributed by atoms with Gasteiger partial charge in [0.05, 0.1) is 11.6 Å². The summed E-state index contributed by atoms with van der Waals surface area (Å²) < 4.78 is 2.35. The van der Waals surface area contributed by atoms with Gasteiger partial charge in [-0.25, -0.2) is 0 Å². The third kappa shape index (κ3) is 2.44. The molecule has 1 N–H and O–H groups in total. The Hall–Kier alpha value is -1.79. The molecule has 1 aliphatic carbocycles. The molecular formula is C17H21N3. The van der Waals surface area contributed by atoms with Crippen molar-refractivity contribution in [3.8, 4) is 6.07 Å². The normalized spacial score (nSPS) is 16.2. The number of aromatic nitrogens is 1. The summed E-state index contributed by atoms with van der Waals surface area (Å²) in [6.07, 6.45) is 5.24. The lowest BCUT2D eigenvalue weighted by Crippen LogP contribution is -2.14. The molecule has 1 aromatic heterocycles. The highest BCUT2D eigenvalue weighted by Gasteiger charge is 2.42. The van der Waals surface area contributed by atoms with Gasteiger partial charge < -0.3 is 9.88 Å². The Morgan fingerprint density at radius 3 is 2.90 bits per heavy atom. The van der Waals surface area contributed by atoms with Crippen molar-refractivity contribution in [1.29, 1.82) is 5.26 Å². The maximum Gasteiger partial charge on any atom is 0.0628 e. The van der Waals surface area contributed by atoms with Crippen molar-refractivity contribution < 1.29 is 0 Å². The van der Waals surface area contributed by atoms with E-state index in [0.29, 0.717) is 6.42 Å². The van der Waals surface area contributed by atoms with E-state index in [4.69, 9.17) is 5.26 Å². The smallest absolute Gasteiger partial charge is 0.0628 e. The van der Waals surface area contributed by atoms with Crippen LogP contribution in [-0.4, -0.2) is 11.1 Å². The lowest BCUT2D eigenvalue weighted by Gasteiger charge is -2.15. The van der Waals surface area contributed by atoms with E-state index in [1.807, 2.05) is 0 Å². The summed E-state index contributed by atoms with van der Waals surface area (Å²) in [5, 5.41) is 13.7. The summed E-state index contributed by atoms with van der Waals surface area (Å²) in [6.45, 7) is 5.00. The first-order valence-electron chi connectivity index (χ1n) is 7.42. The van der Waals surface area contributed by atoms with Gasteiger partial charge in [0.2, 0.25) is 0 Å². The zero-order chi connectivity index (χ0) is 14.0. The molecule has 1 aromatic carbocycles. The van der Waals surface area contributed by atoms with Crippen LogP contribution in [0, 0.1) is 16.7 Å². The number of para-hydroxylation sites is 1. The minimum absolute atomic E-state index is 0.242. The molecule has 3 nitrogen and oxygen atoms in total. The summed E-state index contributed by atoms with van der Waals surface area (Å²) in [7, 11) is 0. The fourth-order valence-electron chi connectivity index (χ4n) is 2.97. The van der Waals surface area contributed by atoms with Crippen molar-refractivity contribution in [2.45, 2.75) is 39.3 Å². The number of hydrogen-bond acceptors (Lipinski definition) is 2. The SMILES string of the molecule is CCNCc1cccc2ccn(CC3(CC#N)CC3)c12. The molecule has 0 aliphatic heterocycles. The molecule has 1 fully saturated rings. The van der Waals surface area contributed by atoms with Crippen LogP contribution in [0.3, 0.4) is 0 Å². The topological polar surface area (TPSA) is 40.8 Å². The number of nitrogens with one attached hydrogen (secondary N) is 1. The van der Waals surface area contributed by atoms with Crippen LogP contribution in [0.4, 0.5) is 0 Å². The molecule has 3 rings (SSSR count). The minimum atomic E-state index is 0.242. The fraction of sp³-hybridized carbons (Fsp3) is 0.471. The molecule has 0 radical (unpaired) electrons. The lowest BCUT2D eigenvalue weighted by atomic mass is 10.0. The number of fused-ring (bicyclic) bond motifs is 1. The number of nitrogens with zero attached hydrogens (tertiary/aromatic N) is 2. The van der Waals surface area contributed by atoms with Crippen LogP contribution in [0.25, 0.3) is 10.9 Å². The van der Waals surface area contributed by atoms with Crippen LogP contribution < -0.4 is 5.32 Å². The zero-order valence-corrected chi connectivity index (χ0v) is 12.0. The monoisotopic (exact) mass is 267 g/mol.